The number of rotatable bonds is 6. The second-order valence-electron chi connectivity index (χ2n) is 5.83. The first-order valence-corrected chi connectivity index (χ1v) is 8.18. The predicted octanol–water partition coefficient (Wildman–Crippen LogP) is 3.38. The van der Waals surface area contributed by atoms with E-state index in [1.165, 1.54) is 22.3 Å². The molecule has 1 rings (SSSR count). The molecule has 2 N–H and O–H groups in total. The van der Waals surface area contributed by atoms with Gasteiger partial charge in [0.25, 0.3) is 0 Å². The summed E-state index contributed by atoms with van der Waals surface area (Å²) < 4.78 is 0. The summed E-state index contributed by atoms with van der Waals surface area (Å²) in [6.07, 6.45) is 2.02. The number of thioether (sulfide) groups is 1. The summed E-state index contributed by atoms with van der Waals surface area (Å²) in [5.41, 5.74) is 4.64. The highest BCUT2D eigenvalue weighted by Gasteiger charge is 2.21. The van der Waals surface area contributed by atoms with Gasteiger partial charge in [-0.05, 0) is 63.1 Å². The first-order valence-electron chi connectivity index (χ1n) is 6.79. The van der Waals surface area contributed by atoms with Gasteiger partial charge in [0.15, 0.2) is 0 Å². The molecule has 1 aromatic rings. The molecule has 2 nitrogen and oxygen atoms in total. The molecule has 0 aliphatic carbocycles. The van der Waals surface area contributed by atoms with E-state index in [9.17, 15) is 5.11 Å². The van der Waals surface area contributed by atoms with E-state index >= 15 is 0 Å². The molecule has 0 radical (unpaired) electrons. The summed E-state index contributed by atoms with van der Waals surface area (Å²) >= 11 is 1.67. The molecular formula is C16H27NOS. The maximum absolute atomic E-state index is 10.2. The van der Waals surface area contributed by atoms with Gasteiger partial charge in [0.05, 0.1) is 5.60 Å². The highest BCUT2D eigenvalue weighted by Crippen LogP contribution is 2.22. The van der Waals surface area contributed by atoms with Crippen molar-refractivity contribution in [2.24, 2.45) is 0 Å². The normalized spacial score (nSPS) is 16.2. The molecule has 0 aliphatic heterocycles. The van der Waals surface area contributed by atoms with Gasteiger partial charge in [-0.25, -0.2) is 0 Å². The van der Waals surface area contributed by atoms with Crippen LogP contribution in [0.4, 0.5) is 0 Å². The van der Waals surface area contributed by atoms with Crippen molar-refractivity contribution in [1.29, 1.82) is 0 Å². The zero-order valence-corrected chi connectivity index (χ0v) is 13.8. The Labute approximate surface area is 122 Å². The molecule has 19 heavy (non-hydrogen) atoms. The van der Waals surface area contributed by atoms with Gasteiger partial charge in [0.1, 0.15) is 0 Å². The molecule has 0 amide bonds. The van der Waals surface area contributed by atoms with Gasteiger partial charge < -0.3 is 10.4 Å². The van der Waals surface area contributed by atoms with E-state index in [1.807, 2.05) is 13.2 Å². The smallest absolute Gasteiger partial charge is 0.0833 e. The quantitative estimate of drug-likeness (QED) is 0.838. The Morgan fingerprint density at radius 2 is 1.79 bits per heavy atom. The summed E-state index contributed by atoms with van der Waals surface area (Å²) in [6.45, 7) is 11.1. The number of hydrogen-bond donors (Lipinski definition) is 2. The van der Waals surface area contributed by atoms with E-state index in [1.54, 1.807) is 11.8 Å². The molecule has 0 aliphatic rings. The number of aryl methyl sites for hydroxylation is 3. The van der Waals surface area contributed by atoms with Crippen LogP contribution in [-0.4, -0.2) is 29.3 Å². The van der Waals surface area contributed by atoms with E-state index in [2.05, 4.69) is 45.1 Å². The molecule has 0 heterocycles. The number of nitrogens with one attached hydrogen (secondary N) is 1. The van der Waals surface area contributed by atoms with Crippen LogP contribution in [0.5, 0.6) is 0 Å². The molecule has 0 spiro atoms. The van der Waals surface area contributed by atoms with E-state index in [-0.39, 0.29) is 6.04 Å². The molecule has 0 aromatic heterocycles. The fraction of sp³-hybridized carbons (Fsp3) is 0.625. The first kappa shape index (κ1) is 16.5. The second-order valence-corrected chi connectivity index (χ2v) is 6.69. The molecule has 0 fully saturated rings. The van der Waals surface area contributed by atoms with Crippen LogP contribution in [0.25, 0.3) is 0 Å². The Kier molecular flexibility index (Phi) is 5.90. The number of hydrogen-bond acceptors (Lipinski definition) is 3. The van der Waals surface area contributed by atoms with Crippen molar-refractivity contribution in [2.75, 3.05) is 18.6 Å². The minimum atomic E-state index is -0.651. The van der Waals surface area contributed by atoms with Crippen molar-refractivity contribution in [1.82, 2.24) is 5.32 Å². The lowest BCUT2D eigenvalue weighted by atomic mass is 9.96. The van der Waals surface area contributed by atoms with Gasteiger partial charge in [-0.15, -0.1) is 0 Å². The molecule has 2 unspecified atom stereocenters. The van der Waals surface area contributed by atoms with Gasteiger partial charge in [-0.2, -0.15) is 11.8 Å². The topological polar surface area (TPSA) is 32.3 Å². The van der Waals surface area contributed by atoms with Gasteiger partial charge in [0, 0.05) is 18.3 Å². The van der Waals surface area contributed by atoms with Crippen LogP contribution >= 0.6 is 11.8 Å². The Morgan fingerprint density at radius 3 is 2.37 bits per heavy atom. The molecule has 3 heteroatoms. The van der Waals surface area contributed by atoms with Crippen molar-refractivity contribution < 1.29 is 5.11 Å². The molecular weight excluding hydrogens is 254 g/mol. The van der Waals surface area contributed by atoms with Gasteiger partial charge in [-0.1, -0.05) is 12.1 Å². The Balaban J connectivity index is 2.73. The maximum Gasteiger partial charge on any atom is 0.0833 e. The van der Waals surface area contributed by atoms with Gasteiger partial charge in [0.2, 0.25) is 0 Å². The fourth-order valence-electron chi connectivity index (χ4n) is 2.29. The fourth-order valence-corrected chi connectivity index (χ4v) is 3.02. The molecule has 0 bridgehead atoms. The summed E-state index contributed by atoms with van der Waals surface area (Å²) in [5, 5.41) is 13.6. The summed E-state index contributed by atoms with van der Waals surface area (Å²) in [6, 6.07) is 4.75. The standard InChI is InChI=1S/C16H27NOS/c1-11-7-13(3)15(8-12(11)2)14(4)17-9-16(5,18)10-19-6/h7-8,14,17-18H,9-10H2,1-6H3. The van der Waals surface area contributed by atoms with E-state index in [4.69, 9.17) is 0 Å². The highest BCUT2D eigenvalue weighted by atomic mass is 32.2. The molecule has 0 saturated carbocycles. The third kappa shape index (κ3) is 4.83. The van der Waals surface area contributed by atoms with Crippen LogP contribution in [-0.2, 0) is 0 Å². The molecule has 108 valence electrons. The van der Waals surface area contributed by atoms with Crippen LogP contribution in [0.3, 0.4) is 0 Å². The first-order chi connectivity index (χ1) is 8.76. The number of benzene rings is 1. The zero-order chi connectivity index (χ0) is 14.6. The highest BCUT2D eigenvalue weighted by molar-refractivity contribution is 7.98. The third-order valence-electron chi connectivity index (χ3n) is 3.59. The van der Waals surface area contributed by atoms with Crippen LogP contribution in [0.1, 0.15) is 42.1 Å². The Morgan fingerprint density at radius 1 is 1.21 bits per heavy atom. The van der Waals surface area contributed by atoms with Crippen LogP contribution in [0.15, 0.2) is 12.1 Å². The van der Waals surface area contributed by atoms with Crippen molar-refractivity contribution >= 4 is 11.8 Å². The number of aliphatic hydroxyl groups is 1. The van der Waals surface area contributed by atoms with Crippen LogP contribution in [0.2, 0.25) is 0 Å². The zero-order valence-electron chi connectivity index (χ0n) is 13.0. The third-order valence-corrected chi connectivity index (χ3v) is 4.50. The van der Waals surface area contributed by atoms with Crippen molar-refractivity contribution in [2.45, 2.75) is 46.3 Å². The summed E-state index contributed by atoms with van der Waals surface area (Å²) in [7, 11) is 0. The largest absolute Gasteiger partial charge is 0.388 e. The SMILES string of the molecule is CSCC(C)(O)CNC(C)c1cc(C)c(C)cc1C. The lowest BCUT2D eigenvalue weighted by Crippen LogP contribution is -2.41. The minimum absolute atomic E-state index is 0.257. The van der Waals surface area contributed by atoms with Crippen molar-refractivity contribution in [3.8, 4) is 0 Å². The Bertz CT molecular complexity index is 429. The van der Waals surface area contributed by atoms with E-state index in [0.29, 0.717) is 6.54 Å². The predicted molar refractivity (Wildman–Crippen MR) is 86.1 cm³/mol. The molecule has 1 aromatic carbocycles. The lowest BCUT2D eigenvalue weighted by Gasteiger charge is -2.26. The monoisotopic (exact) mass is 281 g/mol. The summed E-state index contributed by atoms with van der Waals surface area (Å²) in [5.74, 6) is 0.749. The minimum Gasteiger partial charge on any atom is -0.388 e. The average Bonchev–Trinajstić information content (AvgIpc) is 2.31. The van der Waals surface area contributed by atoms with E-state index < -0.39 is 5.60 Å². The molecule has 0 saturated heterocycles. The van der Waals surface area contributed by atoms with Crippen molar-refractivity contribution in [3.05, 3.63) is 34.4 Å². The molecule has 2 atom stereocenters. The lowest BCUT2D eigenvalue weighted by molar-refractivity contribution is 0.0820. The van der Waals surface area contributed by atoms with Gasteiger partial charge >= 0.3 is 0 Å². The average molecular weight is 281 g/mol. The van der Waals surface area contributed by atoms with E-state index in [0.717, 1.165) is 5.75 Å². The van der Waals surface area contributed by atoms with Crippen LogP contribution in [0, 0.1) is 20.8 Å². The second kappa shape index (κ2) is 6.78. The van der Waals surface area contributed by atoms with Crippen molar-refractivity contribution in [3.63, 3.8) is 0 Å². The summed E-state index contributed by atoms with van der Waals surface area (Å²) in [4.78, 5) is 0. The van der Waals surface area contributed by atoms with Gasteiger partial charge in [-0.3, -0.25) is 0 Å². The maximum atomic E-state index is 10.2. The van der Waals surface area contributed by atoms with Crippen LogP contribution < -0.4 is 5.32 Å². The Hall–Kier alpha value is -0.510.